The third-order valence-corrected chi connectivity index (χ3v) is 8.18. The highest BCUT2D eigenvalue weighted by atomic mass is 32.2. The molecular formula is C23H42N2OS. The van der Waals surface area contributed by atoms with Crippen LogP contribution in [0.25, 0.3) is 0 Å². The molecule has 2 spiro atoms. The minimum Gasteiger partial charge on any atom is -0.322 e. The maximum Gasteiger partial charge on any atom is 0.244 e. The molecule has 2 aliphatic carbocycles. The minimum absolute atomic E-state index is 0.00656. The fraction of sp³-hybridized carbons (Fsp3) is 0.957. The van der Waals surface area contributed by atoms with Crippen molar-refractivity contribution in [2.45, 2.75) is 121 Å². The average molecular weight is 395 g/mol. The van der Waals surface area contributed by atoms with E-state index in [4.69, 9.17) is 0 Å². The Morgan fingerprint density at radius 3 is 2.19 bits per heavy atom. The Balaban J connectivity index is 1.47. The third kappa shape index (κ3) is 5.23. The highest BCUT2D eigenvalue weighted by Gasteiger charge is 2.58. The van der Waals surface area contributed by atoms with E-state index in [2.05, 4.69) is 28.9 Å². The zero-order chi connectivity index (χ0) is 19.0. The maximum atomic E-state index is 13.5. The van der Waals surface area contributed by atoms with Gasteiger partial charge >= 0.3 is 0 Å². The second-order valence-electron chi connectivity index (χ2n) is 9.20. The fourth-order valence-electron chi connectivity index (χ4n) is 5.60. The van der Waals surface area contributed by atoms with Gasteiger partial charge < -0.3 is 4.90 Å². The zero-order valence-electron chi connectivity index (χ0n) is 17.7. The van der Waals surface area contributed by atoms with E-state index in [1.165, 1.54) is 95.6 Å². The summed E-state index contributed by atoms with van der Waals surface area (Å²) in [5.74, 6) is 2.82. The molecule has 3 aliphatic rings. The summed E-state index contributed by atoms with van der Waals surface area (Å²) in [5, 5.41) is 3.97. The van der Waals surface area contributed by atoms with Crippen LogP contribution in [0.1, 0.15) is 110 Å². The van der Waals surface area contributed by atoms with E-state index in [-0.39, 0.29) is 11.2 Å². The molecule has 0 radical (unpaired) electrons. The number of carbonyl (C=O) groups excluding carboxylic acids is 1. The molecule has 1 heterocycles. The smallest absolute Gasteiger partial charge is 0.244 e. The van der Waals surface area contributed by atoms with Gasteiger partial charge in [-0.05, 0) is 50.7 Å². The summed E-state index contributed by atoms with van der Waals surface area (Å²) in [5.41, 5.74) is -0.215. The van der Waals surface area contributed by atoms with E-state index in [1.807, 2.05) is 0 Å². The lowest BCUT2D eigenvalue weighted by Crippen LogP contribution is -2.56. The summed E-state index contributed by atoms with van der Waals surface area (Å²) >= 11 is 2.07. The van der Waals surface area contributed by atoms with Crippen molar-refractivity contribution >= 4 is 17.7 Å². The van der Waals surface area contributed by atoms with Crippen LogP contribution in [0.4, 0.5) is 0 Å². The van der Waals surface area contributed by atoms with Gasteiger partial charge in [0, 0.05) is 12.3 Å². The molecule has 0 unspecified atom stereocenters. The molecule has 27 heavy (non-hydrogen) atoms. The minimum atomic E-state index is -0.209. The van der Waals surface area contributed by atoms with Crippen molar-refractivity contribution in [1.29, 1.82) is 0 Å². The van der Waals surface area contributed by atoms with Gasteiger partial charge in [-0.2, -0.15) is 11.8 Å². The Labute approximate surface area is 171 Å². The van der Waals surface area contributed by atoms with E-state index in [0.717, 1.165) is 25.1 Å². The van der Waals surface area contributed by atoms with E-state index in [0.29, 0.717) is 5.91 Å². The second-order valence-corrected chi connectivity index (χ2v) is 10.4. The van der Waals surface area contributed by atoms with Crippen LogP contribution in [0.2, 0.25) is 0 Å². The van der Waals surface area contributed by atoms with Gasteiger partial charge in [0.1, 0.15) is 0 Å². The van der Waals surface area contributed by atoms with Crippen LogP contribution in [-0.2, 0) is 4.79 Å². The van der Waals surface area contributed by atoms with Crippen LogP contribution >= 0.6 is 11.8 Å². The summed E-state index contributed by atoms with van der Waals surface area (Å²) in [6.07, 6.45) is 20.3. The molecule has 0 aromatic heterocycles. The van der Waals surface area contributed by atoms with Gasteiger partial charge in [0.25, 0.3) is 0 Å². The fourth-order valence-corrected chi connectivity index (χ4v) is 6.53. The van der Waals surface area contributed by atoms with Crippen molar-refractivity contribution in [3.8, 4) is 0 Å². The van der Waals surface area contributed by atoms with E-state index < -0.39 is 0 Å². The molecule has 4 heteroatoms. The van der Waals surface area contributed by atoms with E-state index in [1.54, 1.807) is 0 Å². The monoisotopic (exact) mass is 394 g/mol. The lowest BCUT2D eigenvalue weighted by Gasteiger charge is -2.42. The van der Waals surface area contributed by atoms with E-state index in [9.17, 15) is 4.79 Å². The molecule has 3 rings (SSSR count). The number of hydrogen-bond donors (Lipinski definition) is 1. The molecule has 156 valence electrons. The second kappa shape index (κ2) is 10.5. The van der Waals surface area contributed by atoms with Crippen molar-refractivity contribution in [2.75, 3.05) is 18.1 Å². The average Bonchev–Trinajstić information content (AvgIpc) is 2.89. The summed E-state index contributed by atoms with van der Waals surface area (Å²) in [6.45, 7) is 3.23. The third-order valence-electron chi connectivity index (χ3n) is 7.13. The summed E-state index contributed by atoms with van der Waals surface area (Å²) < 4.78 is 0. The standard InChI is InChI=1S/C23H42N2OS/c1-2-3-4-5-6-13-19-27-20-18-25-21(26)22(14-9-7-10-15-22)24-23(25)16-11-8-12-17-23/h24H,2-20H2,1H3. The first-order valence-corrected chi connectivity index (χ1v) is 13.1. The number of amides is 1. The predicted octanol–water partition coefficient (Wildman–Crippen LogP) is 5.88. The molecule has 1 aliphatic heterocycles. The number of thioether (sulfide) groups is 1. The number of rotatable bonds is 10. The van der Waals surface area contributed by atoms with E-state index >= 15 is 0 Å². The summed E-state index contributed by atoms with van der Waals surface area (Å²) in [7, 11) is 0. The first-order valence-electron chi connectivity index (χ1n) is 11.9. The normalized spacial score (nSPS) is 24.2. The van der Waals surface area contributed by atoms with Crippen molar-refractivity contribution in [3.63, 3.8) is 0 Å². The molecule has 0 bridgehead atoms. The lowest BCUT2D eigenvalue weighted by molar-refractivity contribution is -0.136. The van der Waals surface area contributed by atoms with Crippen LogP contribution in [0.15, 0.2) is 0 Å². The summed E-state index contributed by atoms with van der Waals surface area (Å²) in [4.78, 5) is 15.8. The van der Waals surface area contributed by atoms with Gasteiger partial charge in [0.2, 0.25) is 5.91 Å². The number of nitrogens with zero attached hydrogens (tertiary/aromatic N) is 1. The summed E-state index contributed by atoms with van der Waals surface area (Å²) in [6, 6.07) is 0. The number of nitrogens with one attached hydrogen (secondary N) is 1. The Morgan fingerprint density at radius 2 is 1.48 bits per heavy atom. The number of unbranched alkanes of at least 4 members (excludes halogenated alkanes) is 5. The zero-order valence-corrected chi connectivity index (χ0v) is 18.5. The Morgan fingerprint density at radius 1 is 0.852 bits per heavy atom. The largest absolute Gasteiger partial charge is 0.322 e. The van der Waals surface area contributed by atoms with Crippen molar-refractivity contribution in [2.24, 2.45) is 0 Å². The van der Waals surface area contributed by atoms with Crippen LogP contribution < -0.4 is 5.32 Å². The Hall–Kier alpha value is -0.220. The molecule has 0 aromatic rings. The molecule has 1 amide bonds. The van der Waals surface area contributed by atoms with Gasteiger partial charge in [0.05, 0.1) is 11.2 Å². The van der Waals surface area contributed by atoms with Crippen LogP contribution in [0.5, 0.6) is 0 Å². The Bertz CT molecular complexity index is 455. The molecule has 2 saturated carbocycles. The highest BCUT2D eigenvalue weighted by Crippen LogP contribution is 2.44. The van der Waals surface area contributed by atoms with Crippen molar-refractivity contribution < 1.29 is 4.79 Å². The van der Waals surface area contributed by atoms with Crippen LogP contribution in [0.3, 0.4) is 0 Å². The molecule has 3 fully saturated rings. The van der Waals surface area contributed by atoms with Gasteiger partial charge in [0.15, 0.2) is 0 Å². The van der Waals surface area contributed by atoms with Crippen molar-refractivity contribution in [3.05, 3.63) is 0 Å². The Kier molecular flexibility index (Phi) is 8.38. The molecular weight excluding hydrogens is 352 g/mol. The molecule has 3 nitrogen and oxygen atoms in total. The number of carbonyl (C=O) groups is 1. The van der Waals surface area contributed by atoms with Gasteiger partial charge in [-0.25, -0.2) is 0 Å². The molecule has 1 N–H and O–H groups in total. The van der Waals surface area contributed by atoms with Crippen LogP contribution in [0, 0.1) is 0 Å². The SMILES string of the molecule is CCCCCCCCSCCN1C(=O)C2(CCCCC2)NC12CCCCC2. The molecule has 0 aromatic carbocycles. The maximum absolute atomic E-state index is 13.5. The molecule has 1 saturated heterocycles. The van der Waals surface area contributed by atoms with Gasteiger partial charge in [-0.1, -0.05) is 64.7 Å². The first-order chi connectivity index (χ1) is 13.2. The van der Waals surface area contributed by atoms with Crippen molar-refractivity contribution in [1.82, 2.24) is 10.2 Å². The number of hydrogen-bond acceptors (Lipinski definition) is 3. The van der Waals surface area contributed by atoms with Gasteiger partial charge in [-0.3, -0.25) is 10.1 Å². The topological polar surface area (TPSA) is 32.3 Å². The lowest BCUT2D eigenvalue weighted by atomic mass is 9.81. The first kappa shape index (κ1) is 21.5. The highest BCUT2D eigenvalue weighted by molar-refractivity contribution is 7.99. The van der Waals surface area contributed by atoms with Crippen LogP contribution in [-0.4, -0.2) is 40.1 Å². The molecule has 0 atom stereocenters. The predicted molar refractivity (Wildman–Crippen MR) is 117 cm³/mol. The van der Waals surface area contributed by atoms with Gasteiger partial charge in [-0.15, -0.1) is 0 Å². The quantitative estimate of drug-likeness (QED) is 0.470.